The molecule has 0 fully saturated rings. The topological polar surface area (TPSA) is 660 Å². The maximum Gasteiger partial charge on any atom is 0.280 e. The number of hydrogen-bond donors (Lipinski definition) is 16. The Kier molecular flexibility index (Phi) is 24.5. The highest BCUT2D eigenvalue weighted by Gasteiger charge is 2.26. The van der Waals surface area contributed by atoms with Crippen molar-refractivity contribution in [2.24, 2.45) is 22.9 Å². The quantitative estimate of drug-likeness (QED) is 0.0160. The maximum atomic E-state index is 13.7. The predicted octanol–water partition coefficient (Wildman–Crippen LogP) is -7.53. The van der Waals surface area contributed by atoms with E-state index in [9.17, 15) is 57.5 Å². The zero-order chi connectivity index (χ0) is 82.4. The fourth-order valence-electron chi connectivity index (χ4n) is 12.6. The van der Waals surface area contributed by atoms with Crippen LogP contribution in [0.3, 0.4) is 0 Å². The van der Waals surface area contributed by atoms with E-state index >= 15 is 0 Å². The van der Waals surface area contributed by atoms with E-state index in [0.29, 0.717) is 54.6 Å². The number of benzene rings is 4. The number of fused-ring (bicyclic) bond motifs is 4. The van der Waals surface area contributed by atoms with E-state index in [1.807, 2.05) is 24.3 Å². The number of imidazole rings is 4. The number of aromatic amines is 4. The summed E-state index contributed by atoms with van der Waals surface area (Å²) in [6, 6.07) is 10.7. The molecule has 0 saturated heterocycles. The van der Waals surface area contributed by atoms with Gasteiger partial charge in [0.25, 0.3) is 22.2 Å². The van der Waals surface area contributed by atoms with Gasteiger partial charge in [-0.3, -0.25) is 77.5 Å². The molecule has 0 spiro atoms. The third-order valence-corrected chi connectivity index (χ3v) is 17.8. The van der Waals surface area contributed by atoms with Crippen molar-refractivity contribution >= 4 is 148 Å². The average Bonchev–Trinajstić information content (AvgIpc) is 0.774. The molecule has 0 aliphatic heterocycles. The van der Waals surface area contributed by atoms with Gasteiger partial charge in [0.15, 0.2) is 44.7 Å². The lowest BCUT2D eigenvalue weighted by Gasteiger charge is -2.21. The van der Waals surface area contributed by atoms with Crippen molar-refractivity contribution in [3.05, 3.63) is 125 Å². The van der Waals surface area contributed by atoms with Crippen LogP contribution in [0.2, 0.25) is 0 Å². The number of anilines is 4. The molecular formula is C72H74N32O12. The number of aromatic nitrogens is 16. The number of amides is 8. The molecule has 4 aromatic carbocycles. The maximum absolute atomic E-state index is 13.7. The number of rotatable bonds is 28. The summed E-state index contributed by atoms with van der Waals surface area (Å²) in [5.74, 6) is 19.4. The lowest BCUT2D eigenvalue weighted by molar-refractivity contribution is -0.136. The first kappa shape index (κ1) is 79.9. The summed E-state index contributed by atoms with van der Waals surface area (Å²) in [5, 5.41) is 14.5. The summed E-state index contributed by atoms with van der Waals surface area (Å²) in [5.41, 5.74) is 45.8. The summed E-state index contributed by atoms with van der Waals surface area (Å²) in [4.78, 5) is 206. The van der Waals surface area contributed by atoms with Crippen LogP contribution in [-0.2, 0) is 64.5 Å². The second-order valence-electron chi connectivity index (χ2n) is 25.7. The number of nitrogens with one attached hydrogen (secondary N) is 8. The van der Waals surface area contributed by atoms with Gasteiger partial charge < -0.3 is 105 Å². The van der Waals surface area contributed by atoms with Crippen LogP contribution in [-0.4, -0.2) is 250 Å². The number of carbonyl (C=O) groups is 8. The van der Waals surface area contributed by atoms with Crippen LogP contribution in [0.1, 0.15) is 22.3 Å². The van der Waals surface area contributed by atoms with Crippen molar-refractivity contribution in [3.8, 4) is 47.4 Å². The van der Waals surface area contributed by atoms with E-state index in [1.165, 1.54) is 63.2 Å². The second kappa shape index (κ2) is 35.6. The largest absolute Gasteiger partial charge is 0.369 e. The Morgan fingerprint density at radius 2 is 0.569 bits per heavy atom. The minimum atomic E-state index is -0.609. The van der Waals surface area contributed by atoms with E-state index in [0.717, 1.165) is 0 Å². The lowest BCUT2D eigenvalue weighted by atomic mass is 9.86. The van der Waals surface area contributed by atoms with Crippen LogP contribution in [0.15, 0.2) is 80.9 Å². The third kappa shape index (κ3) is 18.2. The molecular weight excluding hydrogens is 1510 g/mol. The first-order valence-corrected chi connectivity index (χ1v) is 35.5. The molecule has 0 radical (unpaired) electrons. The summed E-state index contributed by atoms with van der Waals surface area (Å²) in [7, 11) is 0. The molecule has 8 heterocycles. The minimum Gasteiger partial charge on any atom is -0.369 e. The van der Waals surface area contributed by atoms with Gasteiger partial charge in [-0.05, 0) is 44.5 Å². The number of carbonyl (C=O) groups excluding carboxylic acids is 8. The first-order valence-electron chi connectivity index (χ1n) is 35.5. The van der Waals surface area contributed by atoms with Gasteiger partial charge in [0.05, 0.1) is 77.7 Å². The Balaban J connectivity index is 0.848. The SMILES string of the molecule is NCCN(CC(=O)NCC#Cc1cc(C#CCNC(=O)CN(CCN)C(=O)Cn2cnc3c(=O)[nH]c(N)nc32)c2ccc3c(C#CCNC(=O)CN(CCN)C(=O)Cn4cnc5c(=O)[nH]c(N)nc54)cc(C#CCNC(=O)CN(CCN)C(=O)Cn4cnc5c(=O)[nH]c(N)nc54)c4ccc1c2c43)C(=O)Cn1cnc2c(=O)[nH]c(N)nc21. The normalized spacial score (nSPS) is 11.0. The van der Waals surface area contributed by atoms with Crippen molar-refractivity contribution in [1.82, 2.24) is 119 Å². The van der Waals surface area contributed by atoms with Gasteiger partial charge in [0.2, 0.25) is 71.1 Å². The van der Waals surface area contributed by atoms with Crippen LogP contribution >= 0.6 is 0 Å². The molecule has 0 unspecified atom stereocenters. The summed E-state index contributed by atoms with van der Waals surface area (Å²) >= 11 is 0. The number of nitrogen functional groups attached to an aromatic ring is 4. The Labute approximate surface area is 652 Å². The van der Waals surface area contributed by atoms with Crippen LogP contribution in [0.4, 0.5) is 23.8 Å². The molecule has 116 heavy (non-hydrogen) atoms. The monoisotopic (exact) mass is 1580 g/mol. The smallest absolute Gasteiger partial charge is 0.280 e. The Morgan fingerprint density at radius 3 is 0.776 bits per heavy atom. The van der Waals surface area contributed by atoms with Gasteiger partial charge in [-0.15, -0.1) is 0 Å². The Hall–Kier alpha value is -15.6. The number of nitrogens with zero attached hydrogens (tertiary/aromatic N) is 16. The molecule has 44 nitrogen and oxygen atoms in total. The second-order valence-corrected chi connectivity index (χ2v) is 25.7. The zero-order valence-corrected chi connectivity index (χ0v) is 61.6. The third-order valence-electron chi connectivity index (χ3n) is 17.8. The van der Waals surface area contributed by atoms with Crippen LogP contribution < -0.4 is 89.4 Å². The molecule has 0 bridgehead atoms. The lowest BCUT2D eigenvalue weighted by Crippen LogP contribution is -2.44. The molecule has 44 heteroatoms. The molecule has 0 atom stereocenters. The van der Waals surface area contributed by atoms with Crippen LogP contribution in [0.25, 0.3) is 77.0 Å². The van der Waals surface area contributed by atoms with Gasteiger partial charge in [-0.25, -0.2) is 19.9 Å². The van der Waals surface area contributed by atoms with Crippen LogP contribution in [0, 0.1) is 47.4 Å². The predicted molar refractivity (Wildman–Crippen MR) is 422 cm³/mol. The molecule has 594 valence electrons. The molecule has 0 aliphatic carbocycles. The molecule has 8 aromatic heterocycles. The molecule has 0 saturated carbocycles. The van der Waals surface area contributed by atoms with E-state index < -0.39 is 95.7 Å². The fraction of sp³-hybridized carbons (Fsp3) is 0.278. The Morgan fingerprint density at radius 1 is 0.353 bits per heavy atom. The van der Waals surface area contributed by atoms with Crippen molar-refractivity contribution in [1.29, 1.82) is 0 Å². The van der Waals surface area contributed by atoms with Gasteiger partial charge in [-0.2, -0.15) is 19.9 Å². The number of hydrogen-bond acceptors (Lipinski definition) is 28. The summed E-state index contributed by atoms with van der Waals surface area (Å²) in [6.07, 6.45) is 5.00. The first-order chi connectivity index (χ1) is 55.9. The van der Waals surface area contributed by atoms with E-state index in [1.54, 1.807) is 12.1 Å². The average molecular weight is 1580 g/mol. The highest BCUT2D eigenvalue weighted by Crippen LogP contribution is 2.40. The fourth-order valence-corrected chi connectivity index (χ4v) is 12.6. The molecule has 8 amide bonds. The minimum absolute atomic E-state index is 0.00897. The standard InChI is InChI=1S/C72H74N32O12/c73-13-21-97(51(109)31-101-35-85-57-61(101)89-69(77)93-65(57)113)27-47(105)81-17-1-5-39-25-40(6-2-18-82-48(106)28-98(22-14-74)52(110)32-102-36-86-58-62(102)90-70(78)94-66(58)114)44-11-12-46-42(8-4-20-84-50(108)30-100(24-16-76)54(112)34-104-38-88-60-64(104)92-72(80)96-68(60)116)26-41(45-10-9-43(39)55(44)56(45)46)7-3-19-83-49(107)29-99(23-15-75)53(111)33-103-37-87-59-63(103)91-71(79)95-67(59)115/h9-12,25-26,35-38H,13-24,27-34,73-76H2,(H,81,105)(H,82,106)(H,83,107)(H,84,108)(H3,77,89,93,113)(H3,78,90,94,114)(H3,79,91,95,115)(H3,80,92,96,116). The zero-order valence-electron chi connectivity index (χ0n) is 61.6. The van der Waals surface area contributed by atoms with Gasteiger partial charge in [0, 0.05) is 74.6 Å². The van der Waals surface area contributed by atoms with Crippen molar-refractivity contribution in [3.63, 3.8) is 0 Å². The number of H-pyrrole nitrogens is 4. The van der Waals surface area contributed by atoms with Gasteiger partial charge in [-0.1, -0.05) is 71.6 Å². The highest BCUT2D eigenvalue weighted by molar-refractivity contribution is 6.27. The van der Waals surface area contributed by atoms with Gasteiger partial charge >= 0.3 is 0 Å². The van der Waals surface area contributed by atoms with E-state index in [4.69, 9.17) is 45.9 Å². The van der Waals surface area contributed by atoms with Crippen LogP contribution in [0.5, 0.6) is 0 Å². The van der Waals surface area contributed by atoms with Crippen molar-refractivity contribution < 1.29 is 38.4 Å². The Bertz CT molecular complexity index is 5690. The molecule has 24 N–H and O–H groups in total. The highest BCUT2D eigenvalue weighted by atomic mass is 16.2. The van der Waals surface area contributed by atoms with Gasteiger partial charge in [0.1, 0.15) is 26.2 Å². The molecule has 0 aliphatic rings. The van der Waals surface area contributed by atoms with E-state index in [2.05, 4.69) is 128 Å². The number of nitrogens with two attached hydrogens (primary N) is 8. The summed E-state index contributed by atoms with van der Waals surface area (Å²) < 4.78 is 5.28. The van der Waals surface area contributed by atoms with E-state index in [-0.39, 0.29) is 173 Å². The van der Waals surface area contributed by atoms with Crippen molar-refractivity contribution in [2.75, 3.05) is 128 Å². The molecule has 12 rings (SSSR count). The van der Waals surface area contributed by atoms with Crippen molar-refractivity contribution in [2.45, 2.75) is 26.2 Å². The summed E-state index contributed by atoms with van der Waals surface area (Å²) in [6.45, 7) is -4.30. The molecule has 12 aromatic rings.